The molecular formula is C10H12N2O3. The molecule has 1 aromatic rings. The normalized spacial score (nSPS) is 11.5. The number of hydrogen-bond acceptors (Lipinski definition) is 3. The molecule has 80 valence electrons. The number of urea groups is 1. The van der Waals surface area contributed by atoms with Gasteiger partial charge in [0.15, 0.2) is 6.04 Å². The van der Waals surface area contributed by atoms with Gasteiger partial charge in [0.05, 0.1) is 7.11 Å². The van der Waals surface area contributed by atoms with Crippen molar-refractivity contribution < 1.29 is 14.3 Å². The summed E-state index contributed by atoms with van der Waals surface area (Å²) in [6.45, 7) is 0. The number of carbonyl (C=O) groups is 2. The van der Waals surface area contributed by atoms with Crippen LogP contribution in [0.1, 0.15) is 11.6 Å². The van der Waals surface area contributed by atoms with Crippen LogP contribution in [0.3, 0.4) is 0 Å². The minimum atomic E-state index is -0.853. The van der Waals surface area contributed by atoms with E-state index in [9.17, 15) is 9.59 Å². The van der Waals surface area contributed by atoms with Crippen molar-refractivity contribution in [3.8, 4) is 0 Å². The molecule has 0 spiro atoms. The highest BCUT2D eigenvalue weighted by molar-refractivity contribution is 5.83. The molecule has 0 heterocycles. The van der Waals surface area contributed by atoms with Gasteiger partial charge in [0.25, 0.3) is 0 Å². The van der Waals surface area contributed by atoms with Gasteiger partial charge in [-0.3, -0.25) is 0 Å². The summed E-state index contributed by atoms with van der Waals surface area (Å²) in [6.07, 6.45) is 0. The van der Waals surface area contributed by atoms with Gasteiger partial charge in [-0.1, -0.05) is 30.3 Å². The standard InChI is InChI=1S/C10H12N2O3/c1-15-9(13)8(12-10(11)14)7-5-3-2-4-6-7/h2-6,8H,1H3,(H3,11,12,14)/t8-/m0/s1. The molecule has 0 bridgehead atoms. The number of carbonyl (C=O) groups excluding carboxylic acids is 2. The second-order valence-corrected chi connectivity index (χ2v) is 2.88. The van der Waals surface area contributed by atoms with Gasteiger partial charge < -0.3 is 15.8 Å². The Balaban J connectivity index is 2.91. The Labute approximate surface area is 87.2 Å². The van der Waals surface area contributed by atoms with Crippen LogP contribution in [0.5, 0.6) is 0 Å². The summed E-state index contributed by atoms with van der Waals surface area (Å²) in [7, 11) is 1.25. The number of hydrogen-bond donors (Lipinski definition) is 2. The zero-order chi connectivity index (χ0) is 11.3. The van der Waals surface area contributed by atoms with Crippen molar-refractivity contribution in [2.24, 2.45) is 5.73 Å². The van der Waals surface area contributed by atoms with Crippen LogP contribution in [0.15, 0.2) is 30.3 Å². The van der Waals surface area contributed by atoms with Crippen molar-refractivity contribution in [3.05, 3.63) is 35.9 Å². The summed E-state index contributed by atoms with van der Waals surface area (Å²) in [5.74, 6) is -0.556. The molecule has 2 amide bonds. The third-order valence-electron chi connectivity index (χ3n) is 1.86. The van der Waals surface area contributed by atoms with E-state index >= 15 is 0 Å². The van der Waals surface area contributed by atoms with E-state index < -0.39 is 18.0 Å². The monoisotopic (exact) mass is 208 g/mol. The lowest BCUT2D eigenvalue weighted by molar-refractivity contribution is -0.143. The molecular weight excluding hydrogens is 196 g/mol. The molecule has 0 saturated carbocycles. The quantitative estimate of drug-likeness (QED) is 0.712. The van der Waals surface area contributed by atoms with Crippen LogP contribution in [0, 0.1) is 0 Å². The minimum absolute atomic E-state index is 0.556. The SMILES string of the molecule is COC(=O)[C@@H](NC(N)=O)c1ccccc1. The van der Waals surface area contributed by atoms with Crippen molar-refractivity contribution in [2.75, 3.05) is 7.11 Å². The first-order chi connectivity index (χ1) is 7.15. The second kappa shape index (κ2) is 4.99. The number of benzene rings is 1. The molecule has 1 aromatic carbocycles. The zero-order valence-electron chi connectivity index (χ0n) is 8.27. The Morgan fingerprint density at radius 1 is 1.33 bits per heavy atom. The number of amides is 2. The summed E-state index contributed by atoms with van der Waals surface area (Å²) in [5.41, 5.74) is 5.59. The molecule has 15 heavy (non-hydrogen) atoms. The van der Waals surface area contributed by atoms with E-state index in [0.717, 1.165) is 0 Å². The summed E-state index contributed by atoms with van der Waals surface area (Å²) >= 11 is 0. The van der Waals surface area contributed by atoms with E-state index in [0.29, 0.717) is 5.56 Å². The summed E-state index contributed by atoms with van der Waals surface area (Å²) < 4.78 is 4.56. The second-order valence-electron chi connectivity index (χ2n) is 2.88. The summed E-state index contributed by atoms with van der Waals surface area (Å²) in [5, 5.41) is 2.31. The maximum Gasteiger partial charge on any atom is 0.333 e. The topological polar surface area (TPSA) is 81.4 Å². The minimum Gasteiger partial charge on any atom is -0.467 e. The maximum atomic E-state index is 11.4. The molecule has 0 aromatic heterocycles. The van der Waals surface area contributed by atoms with Gasteiger partial charge in [-0.2, -0.15) is 0 Å². The molecule has 1 rings (SSSR count). The molecule has 5 nitrogen and oxygen atoms in total. The lowest BCUT2D eigenvalue weighted by atomic mass is 10.1. The molecule has 5 heteroatoms. The van der Waals surface area contributed by atoms with E-state index in [1.165, 1.54) is 7.11 Å². The first-order valence-electron chi connectivity index (χ1n) is 4.34. The highest BCUT2D eigenvalue weighted by Crippen LogP contribution is 2.13. The Morgan fingerprint density at radius 3 is 2.40 bits per heavy atom. The van der Waals surface area contributed by atoms with E-state index in [2.05, 4.69) is 10.1 Å². The van der Waals surface area contributed by atoms with Crippen LogP contribution < -0.4 is 11.1 Å². The number of primary amides is 1. The van der Waals surface area contributed by atoms with Gasteiger partial charge in [0, 0.05) is 0 Å². The number of nitrogens with two attached hydrogens (primary N) is 1. The predicted molar refractivity (Wildman–Crippen MR) is 53.9 cm³/mol. The third kappa shape index (κ3) is 2.98. The molecule has 0 fully saturated rings. The van der Waals surface area contributed by atoms with E-state index in [-0.39, 0.29) is 0 Å². The average Bonchev–Trinajstić information content (AvgIpc) is 2.26. The molecule has 0 saturated heterocycles. The molecule has 1 atom stereocenters. The summed E-state index contributed by atoms with van der Waals surface area (Å²) in [4.78, 5) is 22.1. The van der Waals surface area contributed by atoms with E-state index in [1.807, 2.05) is 6.07 Å². The van der Waals surface area contributed by atoms with Crippen LogP contribution in [0.4, 0.5) is 4.79 Å². The number of rotatable bonds is 3. The fourth-order valence-corrected chi connectivity index (χ4v) is 1.18. The Morgan fingerprint density at radius 2 is 1.93 bits per heavy atom. The average molecular weight is 208 g/mol. The largest absolute Gasteiger partial charge is 0.467 e. The van der Waals surface area contributed by atoms with Gasteiger partial charge in [-0.05, 0) is 5.56 Å². The van der Waals surface area contributed by atoms with Crippen molar-refractivity contribution >= 4 is 12.0 Å². The smallest absolute Gasteiger partial charge is 0.333 e. The van der Waals surface area contributed by atoms with Gasteiger partial charge in [-0.25, -0.2) is 9.59 Å². The van der Waals surface area contributed by atoms with Crippen LogP contribution in [-0.4, -0.2) is 19.1 Å². The van der Waals surface area contributed by atoms with E-state index in [1.54, 1.807) is 24.3 Å². The maximum absolute atomic E-state index is 11.4. The van der Waals surface area contributed by atoms with Crippen LogP contribution in [-0.2, 0) is 9.53 Å². The van der Waals surface area contributed by atoms with Crippen molar-refractivity contribution in [1.29, 1.82) is 0 Å². The van der Waals surface area contributed by atoms with Crippen LogP contribution in [0.25, 0.3) is 0 Å². The number of esters is 1. The predicted octanol–water partition coefficient (Wildman–Crippen LogP) is 0.569. The molecule has 0 aliphatic carbocycles. The van der Waals surface area contributed by atoms with Crippen LogP contribution >= 0.6 is 0 Å². The summed E-state index contributed by atoms with van der Waals surface area (Å²) in [6, 6.07) is 7.11. The van der Waals surface area contributed by atoms with Crippen molar-refractivity contribution in [3.63, 3.8) is 0 Å². The number of methoxy groups -OCH3 is 1. The number of nitrogens with one attached hydrogen (secondary N) is 1. The lowest BCUT2D eigenvalue weighted by Crippen LogP contribution is -2.37. The molecule has 0 unspecified atom stereocenters. The molecule has 3 N–H and O–H groups in total. The van der Waals surface area contributed by atoms with Gasteiger partial charge in [0.2, 0.25) is 0 Å². The van der Waals surface area contributed by atoms with Crippen molar-refractivity contribution in [2.45, 2.75) is 6.04 Å². The van der Waals surface area contributed by atoms with Gasteiger partial charge in [-0.15, -0.1) is 0 Å². The zero-order valence-corrected chi connectivity index (χ0v) is 8.27. The number of ether oxygens (including phenoxy) is 1. The van der Waals surface area contributed by atoms with Crippen molar-refractivity contribution in [1.82, 2.24) is 5.32 Å². The van der Waals surface area contributed by atoms with E-state index in [4.69, 9.17) is 5.73 Å². The Kier molecular flexibility index (Phi) is 3.68. The third-order valence-corrected chi connectivity index (χ3v) is 1.86. The first-order valence-corrected chi connectivity index (χ1v) is 4.34. The lowest BCUT2D eigenvalue weighted by Gasteiger charge is -2.14. The first kappa shape index (κ1) is 11.0. The molecule has 0 aliphatic rings. The molecule has 0 aliphatic heterocycles. The Hall–Kier alpha value is -2.04. The molecule has 0 radical (unpaired) electrons. The highest BCUT2D eigenvalue weighted by Gasteiger charge is 2.21. The van der Waals surface area contributed by atoms with Crippen LogP contribution in [0.2, 0.25) is 0 Å². The highest BCUT2D eigenvalue weighted by atomic mass is 16.5. The Bertz CT molecular complexity index is 351. The van der Waals surface area contributed by atoms with Gasteiger partial charge in [0.1, 0.15) is 0 Å². The fourth-order valence-electron chi connectivity index (χ4n) is 1.18. The van der Waals surface area contributed by atoms with Gasteiger partial charge >= 0.3 is 12.0 Å². The fraction of sp³-hybridized carbons (Fsp3) is 0.200.